The Hall–Kier alpha value is -1.12. The first-order chi connectivity index (χ1) is 10.6. The number of halogens is 1. The van der Waals surface area contributed by atoms with Crippen molar-refractivity contribution in [3.05, 3.63) is 70.2 Å². The molecule has 0 aliphatic heterocycles. The van der Waals surface area contributed by atoms with E-state index in [1.165, 1.54) is 11.1 Å². The van der Waals surface area contributed by atoms with E-state index in [0.717, 1.165) is 30.4 Å². The summed E-state index contributed by atoms with van der Waals surface area (Å²) in [6.07, 6.45) is 2.25. The SMILES string of the molecule is CC(C)CNCC(Cc1ccccc1)Cc1ccc(Br)cc1. The van der Waals surface area contributed by atoms with Crippen LogP contribution >= 0.6 is 15.9 Å². The van der Waals surface area contributed by atoms with Crippen LogP contribution in [0, 0.1) is 11.8 Å². The molecule has 1 nitrogen and oxygen atoms in total. The van der Waals surface area contributed by atoms with Gasteiger partial charge in [-0.1, -0.05) is 72.2 Å². The molecule has 2 rings (SSSR count). The molecule has 0 bridgehead atoms. The van der Waals surface area contributed by atoms with Gasteiger partial charge in [-0.3, -0.25) is 0 Å². The highest BCUT2D eigenvalue weighted by atomic mass is 79.9. The van der Waals surface area contributed by atoms with Crippen LogP contribution < -0.4 is 5.32 Å². The van der Waals surface area contributed by atoms with Crippen LogP contribution in [0.1, 0.15) is 25.0 Å². The zero-order valence-corrected chi connectivity index (χ0v) is 15.1. The van der Waals surface area contributed by atoms with Gasteiger partial charge in [0, 0.05) is 4.47 Å². The van der Waals surface area contributed by atoms with Crippen LogP contribution in [0.3, 0.4) is 0 Å². The summed E-state index contributed by atoms with van der Waals surface area (Å²) in [4.78, 5) is 0. The second-order valence-corrected chi connectivity index (χ2v) is 7.35. The molecule has 2 aromatic carbocycles. The maximum atomic E-state index is 3.63. The Morgan fingerprint density at radius 2 is 1.41 bits per heavy atom. The van der Waals surface area contributed by atoms with Crippen molar-refractivity contribution in [1.29, 1.82) is 0 Å². The molecule has 2 heteroatoms. The van der Waals surface area contributed by atoms with E-state index in [-0.39, 0.29) is 0 Å². The highest BCUT2D eigenvalue weighted by Gasteiger charge is 2.11. The molecule has 0 aromatic heterocycles. The molecule has 0 saturated carbocycles. The average Bonchev–Trinajstić information content (AvgIpc) is 2.50. The van der Waals surface area contributed by atoms with Gasteiger partial charge in [0.2, 0.25) is 0 Å². The van der Waals surface area contributed by atoms with Crippen LogP contribution in [-0.4, -0.2) is 13.1 Å². The van der Waals surface area contributed by atoms with Gasteiger partial charge >= 0.3 is 0 Å². The van der Waals surface area contributed by atoms with Crippen LogP contribution in [0.5, 0.6) is 0 Å². The predicted molar refractivity (Wildman–Crippen MR) is 99.2 cm³/mol. The number of rotatable bonds is 8. The summed E-state index contributed by atoms with van der Waals surface area (Å²) in [6.45, 7) is 6.68. The molecular formula is C20H26BrN. The molecule has 0 saturated heterocycles. The Morgan fingerprint density at radius 1 is 0.818 bits per heavy atom. The topological polar surface area (TPSA) is 12.0 Å². The largest absolute Gasteiger partial charge is 0.316 e. The van der Waals surface area contributed by atoms with Crippen molar-refractivity contribution >= 4 is 15.9 Å². The van der Waals surface area contributed by atoms with Gasteiger partial charge in [-0.25, -0.2) is 0 Å². The van der Waals surface area contributed by atoms with Crippen molar-refractivity contribution in [3.8, 4) is 0 Å². The first kappa shape index (κ1) is 17.2. The maximum absolute atomic E-state index is 3.63. The molecule has 0 radical (unpaired) electrons. The van der Waals surface area contributed by atoms with Crippen LogP contribution in [0.2, 0.25) is 0 Å². The van der Waals surface area contributed by atoms with Gasteiger partial charge < -0.3 is 5.32 Å². The van der Waals surface area contributed by atoms with Crippen molar-refractivity contribution < 1.29 is 0 Å². The normalized spacial score (nSPS) is 12.5. The van der Waals surface area contributed by atoms with Crippen LogP contribution in [0.15, 0.2) is 59.1 Å². The van der Waals surface area contributed by atoms with Gasteiger partial charge in [0.1, 0.15) is 0 Å². The molecule has 0 spiro atoms. The third-order valence-electron chi connectivity index (χ3n) is 3.79. The monoisotopic (exact) mass is 359 g/mol. The smallest absolute Gasteiger partial charge is 0.0175 e. The Bertz CT molecular complexity index is 533. The standard InChI is InChI=1S/C20H26BrN/c1-16(2)14-22-15-19(12-17-6-4-3-5-7-17)13-18-8-10-20(21)11-9-18/h3-11,16,19,22H,12-15H2,1-2H3. The lowest BCUT2D eigenvalue weighted by molar-refractivity contribution is 0.445. The molecule has 0 fully saturated rings. The summed E-state index contributed by atoms with van der Waals surface area (Å²) in [5.41, 5.74) is 2.84. The molecule has 118 valence electrons. The van der Waals surface area contributed by atoms with Gasteiger partial charge in [-0.15, -0.1) is 0 Å². The Labute approximate surface area is 143 Å². The van der Waals surface area contributed by atoms with Gasteiger partial charge in [-0.2, -0.15) is 0 Å². The fourth-order valence-electron chi connectivity index (χ4n) is 2.69. The molecular weight excluding hydrogens is 334 g/mol. The minimum absolute atomic E-state index is 0.627. The van der Waals surface area contributed by atoms with Crippen molar-refractivity contribution in [2.75, 3.05) is 13.1 Å². The third-order valence-corrected chi connectivity index (χ3v) is 4.32. The minimum atomic E-state index is 0.627. The third kappa shape index (κ3) is 6.33. The van der Waals surface area contributed by atoms with E-state index in [2.05, 4.69) is 89.7 Å². The van der Waals surface area contributed by atoms with Crippen LogP contribution in [0.4, 0.5) is 0 Å². The van der Waals surface area contributed by atoms with E-state index in [1.807, 2.05) is 0 Å². The second kappa shape index (κ2) is 9.12. The Balaban J connectivity index is 1.98. The molecule has 0 aliphatic rings. The Morgan fingerprint density at radius 3 is 2.00 bits per heavy atom. The van der Waals surface area contributed by atoms with Crippen molar-refractivity contribution in [3.63, 3.8) is 0 Å². The van der Waals surface area contributed by atoms with E-state index < -0.39 is 0 Å². The lowest BCUT2D eigenvalue weighted by atomic mass is 9.92. The number of benzene rings is 2. The molecule has 2 aromatic rings. The summed E-state index contributed by atoms with van der Waals surface area (Å²) in [5.74, 6) is 1.33. The molecule has 22 heavy (non-hydrogen) atoms. The predicted octanol–water partition coefficient (Wildman–Crippen LogP) is 5.10. The molecule has 1 atom stereocenters. The van der Waals surface area contributed by atoms with Crippen molar-refractivity contribution in [2.45, 2.75) is 26.7 Å². The zero-order chi connectivity index (χ0) is 15.8. The van der Waals surface area contributed by atoms with Crippen molar-refractivity contribution in [1.82, 2.24) is 5.32 Å². The number of nitrogens with one attached hydrogen (secondary N) is 1. The highest BCUT2D eigenvalue weighted by Crippen LogP contribution is 2.17. The first-order valence-corrected chi connectivity index (χ1v) is 8.92. The highest BCUT2D eigenvalue weighted by molar-refractivity contribution is 9.10. The lowest BCUT2D eigenvalue weighted by Crippen LogP contribution is -2.28. The van der Waals surface area contributed by atoms with E-state index in [0.29, 0.717) is 11.8 Å². The molecule has 1 unspecified atom stereocenters. The van der Waals surface area contributed by atoms with Gasteiger partial charge in [0.25, 0.3) is 0 Å². The minimum Gasteiger partial charge on any atom is -0.316 e. The van der Waals surface area contributed by atoms with Crippen LogP contribution in [0.25, 0.3) is 0 Å². The maximum Gasteiger partial charge on any atom is 0.0175 e. The van der Waals surface area contributed by atoms with E-state index >= 15 is 0 Å². The summed E-state index contributed by atoms with van der Waals surface area (Å²) in [7, 11) is 0. The van der Waals surface area contributed by atoms with Gasteiger partial charge in [0.05, 0.1) is 0 Å². The average molecular weight is 360 g/mol. The van der Waals surface area contributed by atoms with E-state index in [1.54, 1.807) is 0 Å². The summed E-state index contributed by atoms with van der Waals surface area (Å²) >= 11 is 3.51. The fraction of sp³-hybridized carbons (Fsp3) is 0.400. The number of hydrogen-bond acceptors (Lipinski definition) is 1. The lowest BCUT2D eigenvalue weighted by Gasteiger charge is -2.19. The van der Waals surface area contributed by atoms with Crippen molar-refractivity contribution in [2.24, 2.45) is 11.8 Å². The fourth-order valence-corrected chi connectivity index (χ4v) is 2.96. The second-order valence-electron chi connectivity index (χ2n) is 6.44. The van der Waals surface area contributed by atoms with Crippen LogP contribution in [-0.2, 0) is 12.8 Å². The summed E-state index contributed by atoms with van der Waals surface area (Å²) in [6, 6.07) is 19.5. The summed E-state index contributed by atoms with van der Waals surface area (Å²) in [5, 5.41) is 3.63. The summed E-state index contributed by atoms with van der Waals surface area (Å²) < 4.78 is 1.15. The zero-order valence-electron chi connectivity index (χ0n) is 13.6. The van der Waals surface area contributed by atoms with E-state index in [9.17, 15) is 0 Å². The quantitative estimate of drug-likeness (QED) is 0.691. The molecule has 1 N–H and O–H groups in total. The Kier molecular flexibility index (Phi) is 7.14. The number of hydrogen-bond donors (Lipinski definition) is 1. The molecule has 0 amide bonds. The molecule has 0 heterocycles. The van der Waals surface area contributed by atoms with E-state index in [4.69, 9.17) is 0 Å². The molecule has 0 aliphatic carbocycles. The first-order valence-electron chi connectivity index (χ1n) is 8.12. The van der Waals surface area contributed by atoms with Gasteiger partial charge in [0.15, 0.2) is 0 Å². The van der Waals surface area contributed by atoms with Gasteiger partial charge in [-0.05, 0) is 61.0 Å².